The number of nitrogens with one attached hydrogen (secondary N) is 2. The first-order valence-corrected chi connectivity index (χ1v) is 11.6. The number of anilines is 1. The van der Waals surface area contributed by atoms with E-state index in [9.17, 15) is 13.2 Å². The number of carbonyl (C=O) groups is 1. The van der Waals surface area contributed by atoms with Gasteiger partial charge in [0, 0.05) is 11.9 Å². The average molecular weight is 462 g/mol. The van der Waals surface area contributed by atoms with E-state index in [1.54, 1.807) is 23.6 Å². The highest BCUT2D eigenvalue weighted by Gasteiger charge is 2.17. The Labute approximate surface area is 183 Å². The summed E-state index contributed by atoms with van der Waals surface area (Å²) in [6.07, 6.45) is 0.0331. The van der Waals surface area contributed by atoms with Gasteiger partial charge in [0.25, 0.3) is 10.0 Å². The molecular weight excluding hydrogens is 442 g/mol. The lowest BCUT2D eigenvalue weighted by molar-refractivity contribution is -0.120. The number of amides is 1. The fraction of sp³-hybridized carbons (Fsp3) is 0.200. The number of hydrogen-bond donors (Lipinski definition) is 2. The highest BCUT2D eigenvalue weighted by Crippen LogP contribution is 2.32. The molecule has 0 saturated heterocycles. The van der Waals surface area contributed by atoms with E-state index < -0.39 is 10.0 Å². The van der Waals surface area contributed by atoms with Crippen molar-refractivity contribution >= 4 is 32.4 Å². The van der Waals surface area contributed by atoms with Gasteiger partial charge in [0.15, 0.2) is 16.6 Å². The molecule has 9 nitrogen and oxygen atoms in total. The summed E-state index contributed by atoms with van der Waals surface area (Å²) in [7, 11) is -2.28. The van der Waals surface area contributed by atoms with Crippen LogP contribution in [0.1, 0.15) is 11.3 Å². The van der Waals surface area contributed by atoms with Crippen LogP contribution in [0.2, 0.25) is 0 Å². The number of fused-ring (bicyclic) bond motifs is 1. The molecule has 4 rings (SSSR count). The molecule has 2 heterocycles. The molecule has 1 aliphatic rings. The molecule has 0 unspecified atom stereocenters. The van der Waals surface area contributed by atoms with E-state index in [1.807, 2.05) is 12.1 Å². The number of methoxy groups -OCH3 is 1. The molecule has 0 atom stereocenters. The number of hydrogen-bond acceptors (Lipinski definition) is 8. The molecule has 162 valence electrons. The van der Waals surface area contributed by atoms with Crippen LogP contribution in [0.25, 0.3) is 0 Å². The summed E-state index contributed by atoms with van der Waals surface area (Å²) < 4.78 is 43.0. The minimum absolute atomic E-state index is 0.0331. The minimum Gasteiger partial charge on any atom is -0.497 e. The van der Waals surface area contributed by atoms with Crippen molar-refractivity contribution in [1.29, 1.82) is 0 Å². The molecule has 0 saturated carbocycles. The molecule has 2 N–H and O–H groups in total. The summed E-state index contributed by atoms with van der Waals surface area (Å²) in [6.45, 7) is 0.524. The zero-order chi connectivity index (χ0) is 21.8. The molecule has 0 bridgehead atoms. The Morgan fingerprint density at radius 3 is 2.71 bits per heavy atom. The predicted octanol–water partition coefficient (Wildman–Crippen LogP) is 2.54. The first kappa shape index (κ1) is 20.9. The summed E-state index contributed by atoms with van der Waals surface area (Å²) in [5, 5.41) is 4.65. The molecule has 11 heteroatoms. The van der Waals surface area contributed by atoms with Crippen molar-refractivity contribution in [3.05, 3.63) is 59.1 Å². The number of sulfonamides is 1. The Balaban J connectivity index is 1.32. The van der Waals surface area contributed by atoms with Crippen LogP contribution in [-0.4, -0.2) is 33.2 Å². The van der Waals surface area contributed by atoms with Crippen LogP contribution in [-0.2, 0) is 27.8 Å². The normalized spacial score (nSPS) is 12.4. The van der Waals surface area contributed by atoms with Crippen LogP contribution in [0.5, 0.6) is 17.2 Å². The van der Waals surface area contributed by atoms with Crippen LogP contribution in [0.15, 0.2) is 52.7 Å². The lowest BCUT2D eigenvalue weighted by Gasteiger charge is -2.06. The van der Waals surface area contributed by atoms with E-state index in [0.717, 1.165) is 16.9 Å². The Bertz CT molecular complexity index is 1190. The summed E-state index contributed by atoms with van der Waals surface area (Å²) >= 11 is 1.11. The smallest absolute Gasteiger partial charge is 0.263 e. The first-order valence-electron chi connectivity index (χ1n) is 9.19. The van der Waals surface area contributed by atoms with Gasteiger partial charge in [-0.1, -0.05) is 6.07 Å². The third kappa shape index (κ3) is 5.06. The second-order valence-corrected chi connectivity index (χ2v) is 9.11. The molecule has 2 aromatic carbocycles. The molecule has 0 fully saturated rings. The minimum atomic E-state index is -3.79. The van der Waals surface area contributed by atoms with Crippen LogP contribution in [0, 0.1) is 0 Å². The number of ether oxygens (including phenoxy) is 3. The highest BCUT2D eigenvalue weighted by atomic mass is 32.2. The van der Waals surface area contributed by atoms with Gasteiger partial charge in [-0.25, -0.2) is 13.4 Å². The van der Waals surface area contributed by atoms with Gasteiger partial charge in [0.05, 0.1) is 24.1 Å². The Morgan fingerprint density at radius 2 is 1.94 bits per heavy atom. The number of thiazole rings is 1. The van der Waals surface area contributed by atoms with Crippen LogP contribution in [0.3, 0.4) is 0 Å². The third-order valence-electron chi connectivity index (χ3n) is 4.41. The summed E-state index contributed by atoms with van der Waals surface area (Å²) in [4.78, 5) is 16.5. The van der Waals surface area contributed by atoms with Crippen molar-refractivity contribution in [3.8, 4) is 17.2 Å². The van der Waals surface area contributed by atoms with Crippen molar-refractivity contribution in [2.75, 3.05) is 18.6 Å². The lowest BCUT2D eigenvalue weighted by atomic mass is 10.2. The number of benzene rings is 2. The molecule has 1 aliphatic heterocycles. The molecule has 1 amide bonds. The zero-order valence-electron chi connectivity index (χ0n) is 16.5. The van der Waals surface area contributed by atoms with Crippen LogP contribution >= 0.6 is 11.3 Å². The fourth-order valence-corrected chi connectivity index (χ4v) is 4.81. The second kappa shape index (κ2) is 8.82. The van der Waals surface area contributed by atoms with E-state index in [-0.39, 0.29) is 29.1 Å². The number of rotatable bonds is 8. The molecule has 0 radical (unpaired) electrons. The van der Waals surface area contributed by atoms with Gasteiger partial charge in [-0.2, -0.15) is 0 Å². The molecular formula is C20H19N3O6S2. The molecule has 1 aromatic heterocycles. The van der Waals surface area contributed by atoms with E-state index >= 15 is 0 Å². The van der Waals surface area contributed by atoms with Gasteiger partial charge in [-0.15, -0.1) is 11.3 Å². The van der Waals surface area contributed by atoms with Gasteiger partial charge >= 0.3 is 0 Å². The molecule has 0 aliphatic carbocycles. The maximum Gasteiger partial charge on any atom is 0.263 e. The molecule has 0 spiro atoms. The first-order chi connectivity index (χ1) is 14.9. The van der Waals surface area contributed by atoms with Crippen LogP contribution in [0.4, 0.5) is 5.13 Å². The molecule has 3 aromatic rings. The number of nitrogens with zero attached hydrogens (tertiary/aromatic N) is 1. The summed E-state index contributed by atoms with van der Waals surface area (Å²) in [6, 6.07) is 11.5. The highest BCUT2D eigenvalue weighted by molar-refractivity contribution is 7.93. The van der Waals surface area contributed by atoms with E-state index in [2.05, 4.69) is 15.0 Å². The maximum absolute atomic E-state index is 12.5. The monoisotopic (exact) mass is 461 g/mol. The SMILES string of the molecule is COc1ccc(S(=O)(=O)Nc2nc(CC(=O)NCc3ccc4c(c3)OCO4)cs2)cc1. The Hall–Kier alpha value is -3.31. The van der Waals surface area contributed by atoms with Crippen molar-refractivity contribution in [1.82, 2.24) is 10.3 Å². The van der Waals surface area contributed by atoms with E-state index in [4.69, 9.17) is 14.2 Å². The standard InChI is InChI=1S/C20H19N3O6S2/c1-27-15-3-5-16(6-4-15)31(25,26)23-20-22-14(11-30-20)9-19(24)21-10-13-2-7-17-18(8-13)29-12-28-17/h2-8,11H,9-10,12H2,1H3,(H,21,24)(H,22,23). The van der Waals surface area contributed by atoms with Gasteiger partial charge in [-0.05, 0) is 42.0 Å². The lowest BCUT2D eigenvalue weighted by Crippen LogP contribution is -2.24. The summed E-state index contributed by atoms with van der Waals surface area (Å²) in [5.74, 6) is 1.66. The zero-order valence-corrected chi connectivity index (χ0v) is 18.1. The summed E-state index contributed by atoms with van der Waals surface area (Å²) in [5.41, 5.74) is 1.35. The average Bonchev–Trinajstić information content (AvgIpc) is 3.40. The third-order valence-corrected chi connectivity index (χ3v) is 6.70. The van der Waals surface area contributed by atoms with Gasteiger partial charge in [0.2, 0.25) is 12.7 Å². The van der Waals surface area contributed by atoms with Gasteiger partial charge in [0.1, 0.15) is 5.75 Å². The Morgan fingerprint density at radius 1 is 1.16 bits per heavy atom. The van der Waals surface area contributed by atoms with Crippen molar-refractivity contribution in [3.63, 3.8) is 0 Å². The van der Waals surface area contributed by atoms with Gasteiger partial charge < -0.3 is 19.5 Å². The van der Waals surface area contributed by atoms with Crippen molar-refractivity contribution in [2.45, 2.75) is 17.9 Å². The predicted molar refractivity (Wildman–Crippen MR) is 114 cm³/mol. The fourth-order valence-electron chi connectivity index (χ4n) is 2.84. The molecule has 31 heavy (non-hydrogen) atoms. The second-order valence-electron chi connectivity index (χ2n) is 6.57. The topological polar surface area (TPSA) is 116 Å². The van der Waals surface area contributed by atoms with Crippen molar-refractivity contribution in [2.24, 2.45) is 0 Å². The maximum atomic E-state index is 12.5. The quantitative estimate of drug-likeness (QED) is 0.530. The van der Waals surface area contributed by atoms with E-state index in [1.165, 1.54) is 19.2 Å². The van der Waals surface area contributed by atoms with E-state index in [0.29, 0.717) is 29.5 Å². The van der Waals surface area contributed by atoms with Crippen LogP contribution < -0.4 is 24.2 Å². The van der Waals surface area contributed by atoms with Gasteiger partial charge in [-0.3, -0.25) is 9.52 Å². The largest absolute Gasteiger partial charge is 0.497 e. The number of carbonyl (C=O) groups excluding carboxylic acids is 1. The number of aromatic nitrogens is 1. The van der Waals surface area contributed by atoms with Crippen molar-refractivity contribution < 1.29 is 27.4 Å². The Kier molecular flexibility index (Phi) is 5.96.